The fraction of sp³-hybridized carbons (Fsp3) is 0.538. The van der Waals surface area contributed by atoms with E-state index in [4.69, 9.17) is 5.26 Å². The summed E-state index contributed by atoms with van der Waals surface area (Å²) in [6, 6.07) is 5.58. The number of sulfonamides is 1. The van der Waals surface area contributed by atoms with Gasteiger partial charge in [-0.2, -0.15) is 5.26 Å². The Morgan fingerprint density at radius 1 is 1.50 bits per heavy atom. The summed E-state index contributed by atoms with van der Waals surface area (Å²) in [4.78, 5) is 3.90. The maximum Gasteiger partial charge on any atom is 0.211 e. The van der Waals surface area contributed by atoms with E-state index in [1.165, 1.54) is 10.6 Å². The van der Waals surface area contributed by atoms with Crippen LogP contribution >= 0.6 is 0 Å². The monoisotopic (exact) mass is 296 g/mol. The smallest absolute Gasteiger partial charge is 0.211 e. The summed E-state index contributed by atoms with van der Waals surface area (Å²) in [5, 5.41) is 12.0. The molecule has 7 heteroatoms. The molecule has 0 aliphatic heterocycles. The molecule has 0 fully saturated rings. The van der Waals surface area contributed by atoms with Crippen molar-refractivity contribution in [3.05, 3.63) is 29.6 Å². The zero-order chi connectivity index (χ0) is 15.0. The van der Waals surface area contributed by atoms with Crippen LogP contribution in [0, 0.1) is 11.3 Å². The van der Waals surface area contributed by atoms with E-state index < -0.39 is 10.0 Å². The SMILES string of the molecule is CCN(CCCNCc1ccnc(C#N)c1)S(C)(=O)=O. The van der Waals surface area contributed by atoms with E-state index in [0.717, 1.165) is 18.5 Å². The van der Waals surface area contributed by atoms with E-state index in [0.29, 0.717) is 25.3 Å². The highest BCUT2D eigenvalue weighted by Crippen LogP contribution is 2.01. The Hall–Kier alpha value is -1.49. The number of rotatable bonds is 8. The molecule has 1 aromatic rings. The Balaban J connectivity index is 2.30. The van der Waals surface area contributed by atoms with Crippen molar-refractivity contribution in [1.29, 1.82) is 5.26 Å². The number of nitrogens with one attached hydrogen (secondary N) is 1. The van der Waals surface area contributed by atoms with Gasteiger partial charge in [-0.05, 0) is 30.7 Å². The zero-order valence-electron chi connectivity index (χ0n) is 11.8. The minimum Gasteiger partial charge on any atom is -0.313 e. The van der Waals surface area contributed by atoms with Gasteiger partial charge in [0, 0.05) is 25.8 Å². The van der Waals surface area contributed by atoms with Crippen LogP contribution in [0.5, 0.6) is 0 Å². The van der Waals surface area contributed by atoms with E-state index in [2.05, 4.69) is 10.3 Å². The summed E-state index contributed by atoms with van der Waals surface area (Å²) in [7, 11) is -3.10. The largest absolute Gasteiger partial charge is 0.313 e. The fourth-order valence-electron chi connectivity index (χ4n) is 1.82. The number of hydrogen-bond acceptors (Lipinski definition) is 5. The van der Waals surface area contributed by atoms with Gasteiger partial charge in [0.2, 0.25) is 10.0 Å². The van der Waals surface area contributed by atoms with Crippen LogP contribution in [-0.4, -0.2) is 43.6 Å². The molecule has 1 N–H and O–H groups in total. The van der Waals surface area contributed by atoms with Crippen LogP contribution < -0.4 is 5.32 Å². The third-order valence-corrected chi connectivity index (χ3v) is 4.23. The molecule has 0 aliphatic rings. The standard InChI is InChI=1S/C13H20N4O2S/c1-3-17(20(2,18)19)8-4-6-15-11-12-5-7-16-13(9-12)10-14/h5,7,9,15H,3-4,6,8,11H2,1-2H3. The maximum absolute atomic E-state index is 11.4. The molecule has 110 valence electrons. The number of nitriles is 1. The summed E-state index contributed by atoms with van der Waals surface area (Å²) < 4.78 is 24.2. The third-order valence-electron chi connectivity index (χ3n) is 2.85. The lowest BCUT2D eigenvalue weighted by molar-refractivity contribution is 0.419. The molecule has 0 atom stereocenters. The Morgan fingerprint density at radius 3 is 2.85 bits per heavy atom. The van der Waals surface area contributed by atoms with Crippen molar-refractivity contribution in [2.24, 2.45) is 0 Å². The Kier molecular flexibility index (Phi) is 6.58. The first-order valence-electron chi connectivity index (χ1n) is 6.48. The van der Waals surface area contributed by atoms with Crippen molar-refractivity contribution in [2.75, 3.05) is 25.9 Å². The van der Waals surface area contributed by atoms with Gasteiger partial charge in [0.05, 0.1) is 6.26 Å². The molecule has 0 saturated heterocycles. The maximum atomic E-state index is 11.4. The highest BCUT2D eigenvalue weighted by Gasteiger charge is 2.12. The van der Waals surface area contributed by atoms with Gasteiger partial charge in [-0.15, -0.1) is 0 Å². The summed E-state index contributed by atoms with van der Waals surface area (Å²) in [6.45, 7) is 4.20. The summed E-state index contributed by atoms with van der Waals surface area (Å²) in [5.74, 6) is 0. The normalized spacial score (nSPS) is 11.5. The average molecular weight is 296 g/mol. The Bertz CT molecular complexity index is 566. The van der Waals surface area contributed by atoms with Crippen LogP contribution in [0.15, 0.2) is 18.3 Å². The van der Waals surface area contributed by atoms with Gasteiger partial charge in [0.15, 0.2) is 0 Å². The molecule has 0 aliphatic carbocycles. The third kappa shape index (κ3) is 5.65. The summed E-state index contributed by atoms with van der Waals surface area (Å²) in [6.07, 6.45) is 3.58. The molecule has 1 heterocycles. The highest BCUT2D eigenvalue weighted by atomic mass is 32.2. The van der Waals surface area contributed by atoms with Crippen LogP contribution in [0.3, 0.4) is 0 Å². The van der Waals surface area contributed by atoms with Crippen molar-refractivity contribution < 1.29 is 8.42 Å². The molecule has 6 nitrogen and oxygen atoms in total. The molecule has 0 saturated carbocycles. The van der Waals surface area contributed by atoms with Gasteiger partial charge in [-0.1, -0.05) is 6.92 Å². The van der Waals surface area contributed by atoms with E-state index in [1.54, 1.807) is 12.3 Å². The molecule has 0 unspecified atom stereocenters. The Labute approximate surface area is 120 Å². The van der Waals surface area contributed by atoms with Gasteiger partial charge in [0.1, 0.15) is 11.8 Å². The lowest BCUT2D eigenvalue weighted by Gasteiger charge is -2.17. The average Bonchev–Trinajstić information content (AvgIpc) is 2.41. The Morgan fingerprint density at radius 2 is 2.25 bits per heavy atom. The molecule has 1 aromatic heterocycles. The predicted molar refractivity (Wildman–Crippen MR) is 77.4 cm³/mol. The second kappa shape index (κ2) is 7.94. The van der Waals surface area contributed by atoms with E-state index in [1.807, 2.05) is 19.1 Å². The molecular formula is C13H20N4O2S. The van der Waals surface area contributed by atoms with Crippen molar-refractivity contribution in [2.45, 2.75) is 19.9 Å². The lowest BCUT2D eigenvalue weighted by Crippen LogP contribution is -2.32. The van der Waals surface area contributed by atoms with Crippen molar-refractivity contribution >= 4 is 10.0 Å². The van der Waals surface area contributed by atoms with Crippen LogP contribution in [0.1, 0.15) is 24.6 Å². The van der Waals surface area contributed by atoms with E-state index in [-0.39, 0.29) is 0 Å². The topological polar surface area (TPSA) is 86.1 Å². The minimum absolute atomic E-state index is 0.401. The minimum atomic E-state index is -3.10. The van der Waals surface area contributed by atoms with Crippen molar-refractivity contribution in [3.63, 3.8) is 0 Å². The zero-order valence-corrected chi connectivity index (χ0v) is 12.7. The molecule has 0 spiro atoms. The van der Waals surface area contributed by atoms with Gasteiger partial charge < -0.3 is 5.32 Å². The quantitative estimate of drug-likeness (QED) is 0.714. The first-order chi connectivity index (χ1) is 9.47. The molecule has 20 heavy (non-hydrogen) atoms. The first kappa shape index (κ1) is 16.6. The summed E-state index contributed by atoms with van der Waals surface area (Å²) in [5.41, 5.74) is 1.39. The number of hydrogen-bond donors (Lipinski definition) is 1. The fourth-order valence-corrected chi connectivity index (χ4v) is 2.75. The number of pyridine rings is 1. The van der Waals surface area contributed by atoms with Gasteiger partial charge in [-0.25, -0.2) is 17.7 Å². The van der Waals surface area contributed by atoms with Crippen LogP contribution in [0.4, 0.5) is 0 Å². The predicted octanol–water partition coefficient (Wildman–Crippen LogP) is 0.714. The lowest BCUT2D eigenvalue weighted by atomic mass is 10.2. The van der Waals surface area contributed by atoms with Crippen LogP contribution in [-0.2, 0) is 16.6 Å². The highest BCUT2D eigenvalue weighted by molar-refractivity contribution is 7.88. The summed E-state index contributed by atoms with van der Waals surface area (Å²) >= 11 is 0. The van der Waals surface area contributed by atoms with Gasteiger partial charge >= 0.3 is 0 Å². The molecule has 0 radical (unpaired) electrons. The molecule has 1 rings (SSSR count). The van der Waals surface area contributed by atoms with Crippen LogP contribution in [0.25, 0.3) is 0 Å². The second-order valence-corrected chi connectivity index (χ2v) is 6.43. The number of nitrogens with zero attached hydrogens (tertiary/aromatic N) is 3. The second-order valence-electron chi connectivity index (χ2n) is 4.45. The van der Waals surface area contributed by atoms with E-state index >= 15 is 0 Å². The van der Waals surface area contributed by atoms with Crippen molar-refractivity contribution in [1.82, 2.24) is 14.6 Å². The molecule has 0 amide bonds. The number of aromatic nitrogens is 1. The first-order valence-corrected chi connectivity index (χ1v) is 8.33. The molecular weight excluding hydrogens is 276 g/mol. The van der Waals surface area contributed by atoms with E-state index in [9.17, 15) is 8.42 Å². The van der Waals surface area contributed by atoms with Gasteiger partial charge in [0.25, 0.3) is 0 Å². The van der Waals surface area contributed by atoms with Crippen molar-refractivity contribution in [3.8, 4) is 6.07 Å². The van der Waals surface area contributed by atoms with Gasteiger partial charge in [-0.3, -0.25) is 0 Å². The van der Waals surface area contributed by atoms with Crippen LogP contribution in [0.2, 0.25) is 0 Å². The molecule has 0 bridgehead atoms. The molecule has 0 aromatic carbocycles.